The molecule has 0 bridgehead atoms. The van der Waals surface area contributed by atoms with Gasteiger partial charge in [-0.1, -0.05) is 49.4 Å². The molecule has 0 fully saturated rings. The van der Waals surface area contributed by atoms with Crippen LogP contribution in [0.15, 0.2) is 59.5 Å². The van der Waals surface area contributed by atoms with Crippen LogP contribution in [0.4, 0.5) is 0 Å². The minimum atomic E-state index is -1.26. The van der Waals surface area contributed by atoms with Crippen molar-refractivity contribution in [2.75, 3.05) is 18.9 Å². The zero-order chi connectivity index (χ0) is 18.8. The molecule has 0 aliphatic carbocycles. The standard InChI is InChI=1S/C20H23NO4S/c1-2-26(24)18-13-7-6-12-17(18)20(23)25-15-19(22)21-14-8-11-16-9-4-3-5-10-16/h3-7,9-10,12-13H,2,8,11,14-15H2,1H3,(H,21,22). The van der Waals surface area contributed by atoms with Gasteiger partial charge in [0.25, 0.3) is 5.91 Å². The van der Waals surface area contributed by atoms with Crippen LogP contribution in [-0.2, 0) is 26.8 Å². The average Bonchev–Trinajstić information content (AvgIpc) is 2.69. The van der Waals surface area contributed by atoms with Crippen molar-refractivity contribution in [2.24, 2.45) is 0 Å². The number of carbonyl (C=O) groups excluding carboxylic acids is 2. The first-order valence-electron chi connectivity index (χ1n) is 8.57. The highest BCUT2D eigenvalue weighted by molar-refractivity contribution is 7.85. The lowest BCUT2D eigenvalue weighted by Gasteiger charge is -2.09. The molecule has 1 N–H and O–H groups in total. The van der Waals surface area contributed by atoms with Crippen LogP contribution in [0.2, 0.25) is 0 Å². The normalized spacial score (nSPS) is 11.6. The summed E-state index contributed by atoms with van der Waals surface area (Å²) >= 11 is 0. The second-order valence-electron chi connectivity index (χ2n) is 5.65. The van der Waals surface area contributed by atoms with E-state index in [2.05, 4.69) is 5.32 Å². The van der Waals surface area contributed by atoms with Gasteiger partial charge in [0, 0.05) is 12.3 Å². The summed E-state index contributed by atoms with van der Waals surface area (Å²) < 4.78 is 17.0. The van der Waals surface area contributed by atoms with Gasteiger partial charge in [-0.25, -0.2) is 4.79 Å². The largest absolute Gasteiger partial charge is 0.452 e. The molecule has 2 aromatic rings. The first kappa shape index (κ1) is 19.8. The van der Waals surface area contributed by atoms with E-state index in [1.807, 2.05) is 30.3 Å². The Balaban J connectivity index is 1.75. The minimum Gasteiger partial charge on any atom is -0.452 e. The van der Waals surface area contributed by atoms with Crippen LogP contribution in [0.1, 0.15) is 29.3 Å². The maximum Gasteiger partial charge on any atom is 0.339 e. The average molecular weight is 373 g/mol. The summed E-state index contributed by atoms with van der Waals surface area (Å²) in [6, 6.07) is 16.6. The molecule has 0 aliphatic heterocycles. The lowest BCUT2D eigenvalue weighted by atomic mass is 10.1. The van der Waals surface area contributed by atoms with Gasteiger partial charge in [0.2, 0.25) is 0 Å². The molecular formula is C20H23NO4S. The van der Waals surface area contributed by atoms with Crippen LogP contribution in [0, 0.1) is 0 Å². The van der Waals surface area contributed by atoms with Crippen LogP contribution < -0.4 is 5.32 Å². The molecular weight excluding hydrogens is 350 g/mol. The maximum absolute atomic E-state index is 12.2. The summed E-state index contributed by atoms with van der Waals surface area (Å²) in [5.41, 5.74) is 1.46. The van der Waals surface area contributed by atoms with Crippen molar-refractivity contribution in [2.45, 2.75) is 24.7 Å². The number of esters is 1. The number of hydrogen-bond acceptors (Lipinski definition) is 4. The third-order valence-corrected chi connectivity index (χ3v) is 5.13. The third kappa shape index (κ3) is 6.11. The molecule has 2 rings (SSSR count). The fourth-order valence-corrected chi connectivity index (χ4v) is 3.35. The highest BCUT2D eigenvalue weighted by Crippen LogP contribution is 2.15. The van der Waals surface area contributed by atoms with Gasteiger partial charge in [0.1, 0.15) is 0 Å². The molecule has 5 nitrogen and oxygen atoms in total. The maximum atomic E-state index is 12.2. The molecule has 0 saturated heterocycles. The lowest BCUT2D eigenvalue weighted by Crippen LogP contribution is -2.30. The van der Waals surface area contributed by atoms with Crippen molar-refractivity contribution in [3.63, 3.8) is 0 Å². The Morgan fingerprint density at radius 1 is 1.04 bits per heavy atom. The molecule has 1 atom stereocenters. The van der Waals surface area contributed by atoms with Crippen molar-refractivity contribution in [1.29, 1.82) is 0 Å². The van der Waals surface area contributed by atoms with Gasteiger partial charge < -0.3 is 10.1 Å². The monoisotopic (exact) mass is 373 g/mol. The second-order valence-corrected chi connectivity index (χ2v) is 7.35. The molecule has 1 unspecified atom stereocenters. The van der Waals surface area contributed by atoms with Crippen LogP contribution in [-0.4, -0.2) is 35.0 Å². The molecule has 1 amide bonds. The molecule has 0 heterocycles. The highest BCUT2D eigenvalue weighted by Gasteiger charge is 2.16. The van der Waals surface area contributed by atoms with E-state index in [-0.39, 0.29) is 18.1 Å². The summed E-state index contributed by atoms with van der Waals surface area (Å²) in [7, 11) is -1.26. The highest BCUT2D eigenvalue weighted by atomic mass is 32.2. The van der Waals surface area contributed by atoms with Gasteiger partial charge in [0.05, 0.1) is 21.3 Å². The van der Waals surface area contributed by atoms with Crippen LogP contribution in [0.25, 0.3) is 0 Å². The predicted octanol–water partition coefficient (Wildman–Crippen LogP) is 2.72. The van der Waals surface area contributed by atoms with E-state index in [1.54, 1.807) is 31.2 Å². The number of aryl methyl sites for hydroxylation is 1. The van der Waals surface area contributed by atoms with E-state index in [0.717, 1.165) is 12.8 Å². The number of amides is 1. The Labute approximate surface area is 156 Å². The first-order chi connectivity index (χ1) is 12.6. The summed E-state index contributed by atoms with van der Waals surface area (Å²) in [4.78, 5) is 24.4. The summed E-state index contributed by atoms with van der Waals surface area (Å²) in [6.45, 7) is 1.94. The molecule has 6 heteroatoms. The molecule has 0 radical (unpaired) electrons. The summed E-state index contributed by atoms with van der Waals surface area (Å²) in [5, 5.41) is 2.73. The van der Waals surface area contributed by atoms with Crippen molar-refractivity contribution < 1.29 is 18.5 Å². The summed E-state index contributed by atoms with van der Waals surface area (Å²) in [6.07, 6.45) is 1.68. The molecule has 0 aromatic heterocycles. The third-order valence-electron chi connectivity index (χ3n) is 3.76. The number of ether oxygens (including phenoxy) is 1. The zero-order valence-corrected chi connectivity index (χ0v) is 15.6. The predicted molar refractivity (Wildman–Crippen MR) is 101 cm³/mol. The molecule has 2 aromatic carbocycles. The van der Waals surface area contributed by atoms with Gasteiger partial charge in [-0.3, -0.25) is 9.00 Å². The smallest absolute Gasteiger partial charge is 0.339 e. The Morgan fingerprint density at radius 2 is 1.73 bits per heavy atom. The minimum absolute atomic E-state index is 0.240. The van der Waals surface area contributed by atoms with Crippen LogP contribution in [0.5, 0.6) is 0 Å². The van der Waals surface area contributed by atoms with Crippen molar-refractivity contribution in [1.82, 2.24) is 5.32 Å². The van der Waals surface area contributed by atoms with Gasteiger partial charge in [-0.15, -0.1) is 0 Å². The topological polar surface area (TPSA) is 72.5 Å². The number of carbonyl (C=O) groups is 2. The number of hydrogen-bond donors (Lipinski definition) is 1. The quantitative estimate of drug-likeness (QED) is 0.542. The van der Waals surface area contributed by atoms with E-state index in [1.165, 1.54) is 5.56 Å². The van der Waals surface area contributed by atoms with Crippen molar-refractivity contribution in [3.8, 4) is 0 Å². The lowest BCUT2D eigenvalue weighted by molar-refractivity contribution is -0.124. The van der Waals surface area contributed by atoms with E-state index in [4.69, 9.17) is 4.74 Å². The van der Waals surface area contributed by atoms with E-state index < -0.39 is 16.8 Å². The fourth-order valence-electron chi connectivity index (χ4n) is 2.41. The Bertz CT molecular complexity index is 761. The Kier molecular flexibility index (Phi) is 8.02. The fraction of sp³-hybridized carbons (Fsp3) is 0.300. The Morgan fingerprint density at radius 3 is 2.46 bits per heavy atom. The van der Waals surface area contributed by atoms with Crippen molar-refractivity contribution in [3.05, 3.63) is 65.7 Å². The molecule has 0 aliphatic rings. The zero-order valence-electron chi connectivity index (χ0n) is 14.8. The van der Waals surface area contributed by atoms with E-state index in [9.17, 15) is 13.8 Å². The van der Waals surface area contributed by atoms with Crippen LogP contribution >= 0.6 is 0 Å². The molecule has 138 valence electrons. The summed E-state index contributed by atoms with van der Waals surface area (Å²) in [5.74, 6) is -0.575. The van der Waals surface area contributed by atoms with Gasteiger partial charge in [-0.2, -0.15) is 0 Å². The number of nitrogens with one attached hydrogen (secondary N) is 1. The molecule has 0 spiro atoms. The van der Waals surface area contributed by atoms with Gasteiger partial charge >= 0.3 is 5.97 Å². The Hall–Kier alpha value is -2.47. The number of benzene rings is 2. The van der Waals surface area contributed by atoms with E-state index in [0.29, 0.717) is 17.2 Å². The van der Waals surface area contributed by atoms with Gasteiger partial charge in [-0.05, 0) is 30.5 Å². The number of rotatable bonds is 9. The molecule has 26 heavy (non-hydrogen) atoms. The van der Waals surface area contributed by atoms with Crippen LogP contribution in [0.3, 0.4) is 0 Å². The second kappa shape index (κ2) is 10.5. The SMILES string of the molecule is CCS(=O)c1ccccc1C(=O)OCC(=O)NCCCc1ccccc1. The first-order valence-corrected chi connectivity index (χ1v) is 9.89. The molecule has 0 saturated carbocycles. The van der Waals surface area contributed by atoms with Crippen molar-refractivity contribution >= 4 is 22.7 Å². The van der Waals surface area contributed by atoms with Gasteiger partial charge in [0.15, 0.2) is 6.61 Å². The van der Waals surface area contributed by atoms with E-state index >= 15 is 0 Å².